The number of rotatable bonds is 13. The summed E-state index contributed by atoms with van der Waals surface area (Å²) in [6, 6.07) is 10.4. The number of carboxylic acid groups (broad SMARTS) is 1. The van der Waals surface area contributed by atoms with Crippen LogP contribution in [0.1, 0.15) is 71.2 Å². The van der Waals surface area contributed by atoms with Crippen LogP contribution >= 0.6 is 0 Å². The number of benzene rings is 2. The molecule has 1 aliphatic rings. The standard InChI is InChI=1S/C39H46F2N4O5/c1-9-11-24(3)49-32-22-28(40)12-13-30(32)26-19-27(21-29(41)20-26)31-23-33-42-25(4)34(35(37(46)47)50-38(5,6)7)36(45(33)43-31)44-16-14-39(8,15-17-44)48-18-10-2/h9-10,12-13,19-24,35H,1-2,11,14-18H2,3-8H3,(H,46,47)/t24-,35?/m0/s1. The Labute approximate surface area is 292 Å². The summed E-state index contributed by atoms with van der Waals surface area (Å²) in [6.45, 7) is 20.1. The lowest BCUT2D eigenvalue weighted by Gasteiger charge is -2.41. The Balaban J connectivity index is 1.65. The van der Waals surface area contributed by atoms with Crippen LogP contribution in [0, 0.1) is 18.6 Å². The predicted molar refractivity (Wildman–Crippen MR) is 191 cm³/mol. The normalized spacial score (nSPS) is 15.9. The summed E-state index contributed by atoms with van der Waals surface area (Å²) >= 11 is 0. The minimum Gasteiger partial charge on any atom is -0.490 e. The third kappa shape index (κ3) is 8.22. The van der Waals surface area contributed by atoms with Gasteiger partial charge in [-0.05, 0) is 90.3 Å². The van der Waals surface area contributed by atoms with Crippen molar-refractivity contribution in [1.29, 1.82) is 0 Å². The van der Waals surface area contributed by atoms with Gasteiger partial charge in [-0.2, -0.15) is 9.61 Å². The minimum absolute atomic E-state index is 0.278. The van der Waals surface area contributed by atoms with Gasteiger partial charge in [0.15, 0.2) is 11.8 Å². The van der Waals surface area contributed by atoms with Gasteiger partial charge in [-0.1, -0.05) is 12.2 Å². The van der Waals surface area contributed by atoms with Gasteiger partial charge in [0.25, 0.3) is 0 Å². The molecular formula is C39H46F2N4O5. The molecule has 0 amide bonds. The highest BCUT2D eigenvalue weighted by molar-refractivity contribution is 5.80. The summed E-state index contributed by atoms with van der Waals surface area (Å²) in [5.41, 5.74) is 2.04. The van der Waals surface area contributed by atoms with Crippen LogP contribution in [-0.2, 0) is 14.3 Å². The Morgan fingerprint density at radius 1 is 1.06 bits per heavy atom. The largest absolute Gasteiger partial charge is 0.490 e. The number of hydrogen-bond donors (Lipinski definition) is 1. The molecule has 0 saturated carbocycles. The number of carboxylic acids is 1. The van der Waals surface area contributed by atoms with E-state index in [0.29, 0.717) is 84.1 Å². The number of nitrogens with zero attached hydrogens (tertiary/aromatic N) is 4. The lowest BCUT2D eigenvalue weighted by molar-refractivity contribution is -0.160. The number of piperidine rings is 1. The van der Waals surface area contributed by atoms with Crippen molar-refractivity contribution >= 4 is 17.4 Å². The van der Waals surface area contributed by atoms with E-state index in [4.69, 9.17) is 24.3 Å². The van der Waals surface area contributed by atoms with Gasteiger partial charge in [0.2, 0.25) is 0 Å². The van der Waals surface area contributed by atoms with Gasteiger partial charge >= 0.3 is 5.97 Å². The monoisotopic (exact) mass is 688 g/mol. The summed E-state index contributed by atoms with van der Waals surface area (Å²) in [7, 11) is 0. The smallest absolute Gasteiger partial charge is 0.337 e. The van der Waals surface area contributed by atoms with Gasteiger partial charge < -0.3 is 24.2 Å². The fraction of sp³-hybridized carbons (Fsp3) is 0.410. The van der Waals surface area contributed by atoms with Crippen LogP contribution in [0.3, 0.4) is 0 Å². The van der Waals surface area contributed by atoms with Crippen LogP contribution in [0.5, 0.6) is 5.75 Å². The summed E-state index contributed by atoms with van der Waals surface area (Å²) in [5, 5.41) is 15.4. The van der Waals surface area contributed by atoms with Crippen LogP contribution in [0.2, 0.25) is 0 Å². The Kier molecular flexibility index (Phi) is 10.8. The highest BCUT2D eigenvalue weighted by Gasteiger charge is 2.37. The number of halogens is 2. The molecule has 3 heterocycles. The molecule has 1 N–H and O–H groups in total. The number of hydrogen-bond acceptors (Lipinski definition) is 7. The number of aromatic nitrogens is 3. The van der Waals surface area contributed by atoms with Crippen LogP contribution in [0.25, 0.3) is 28.0 Å². The average Bonchev–Trinajstić information content (AvgIpc) is 3.46. The molecule has 0 bridgehead atoms. The first-order valence-electron chi connectivity index (χ1n) is 16.8. The molecule has 5 rings (SSSR count). The third-order valence-corrected chi connectivity index (χ3v) is 8.71. The van der Waals surface area contributed by atoms with E-state index in [1.807, 2.05) is 6.92 Å². The Hall–Kier alpha value is -4.61. The molecule has 1 saturated heterocycles. The molecule has 0 aliphatic carbocycles. The molecule has 2 aromatic heterocycles. The van der Waals surface area contributed by atoms with Crippen LogP contribution < -0.4 is 9.64 Å². The van der Waals surface area contributed by atoms with Crippen molar-refractivity contribution < 1.29 is 32.9 Å². The first-order valence-corrected chi connectivity index (χ1v) is 16.8. The predicted octanol–water partition coefficient (Wildman–Crippen LogP) is 8.50. The highest BCUT2D eigenvalue weighted by Crippen LogP contribution is 2.39. The van der Waals surface area contributed by atoms with E-state index < -0.39 is 29.3 Å². The maximum Gasteiger partial charge on any atom is 0.337 e. The number of anilines is 1. The second-order valence-electron chi connectivity index (χ2n) is 14.0. The van der Waals surface area contributed by atoms with Crippen molar-refractivity contribution in [2.24, 2.45) is 0 Å². The van der Waals surface area contributed by atoms with E-state index in [-0.39, 0.29) is 17.5 Å². The number of aliphatic carboxylic acids is 1. The summed E-state index contributed by atoms with van der Waals surface area (Å²) in [4.78, 5) is 19.7. The second-order valence-corrected chi connectivity index (χ2v) is 14.0. The Morgan fingerprint density at radius 3 is 2.40 bits per heavy atom. The first kappa shape index (κ1) is 36.7. The van der Waals surface area contributed by atoms with E-state index in [1.54, 1.807) is 62.6 Å². The Morgan fingerprint density at radius 2 is 1.76 bits per heavy atom. The van der Waals surface area contributed by atoms with Crippen LogP contribution in [0.15, 0.2) is 67.8 Å². The molecule has 50 heavy (non-hydrogen) atoms. The van der Waals surface area contributed by atoms with Gasteiger partial charge in [0, 0.05) is 48.5 Å². The van der Waals surface area contributed by atoms with Crippen LogP contribution in [0.4, 0.5) is 14.6 Å². The molecule has 9 nitrogen and oxygen atoms in total. The fourth-order valence-electron chi connectivity index (χ4n) is 6.27. The molecule has 266 valence electrons. The van der Waals surface area contributed by atoms with Crippen molar-refractivity contribution in [2.75, 3.05) is 24.6 Å². The van der Waals surface area contributed by atoms with Gasteiger partial charge in [-0.3, -0.25) is 0 Å². The first-order chi connectivity index (χ1) is 23.6. The molecule has 1 unspecified atom stereocenters. The van der Waals surface area contributed by atoms with Crippen molar-refractivity contribution in [1.82, 2.24) is 14.6 Å². The van der Waals surface area contributed by atoms with Gasteiger partial charge in [-0.15, -0.1) is 13.2 Å². The molecule has 1 aliphatic heterocycles. The average molecular weight is 689 g/mol. The second kappa shape index (κ2) is 14.7. The maximum absolute atomic E-state index is 15.4. The zero-order valence-corrected chi connectivity index (χ0v) is 29.6. The van der Waals surface area contributed by atoms with Gasteiger partial charge in [-0.25, -0.2) is 18.6 Å². The van der Waals surface area contributed by atoms with E-state index in [1.165, 1.54) is 24.3 Å². The number of aryl methyl sites for hydroxylation is 1. The topological polar surface area (TPSA) is 98.4 Å². The van der Waals surface area contributed by atoms with Gasteiger partial charge in [0.05, 0.1) is 35.2 Å². The lowest BCUT2D eigenvalue weighted by Crippen LogP contribution is -2.45. The lowest BCUT2D eigenvalue weighted by atomic mass is 9.92. The number of ether oxygens (including phenoxy) is 3. The molecule has 0 spiro atoms. The molecule has 11 heteroatoms. The van der Waals surface area contributed by atoms with E-state index in [2.05, 4.69) is 25.0 Å². The summed E-state index contributed by atoms with van der Waals surface area (Å²) in [6.07, 6.45) is 3.73. The van der Waals surface area contributed by atoms with Crippen molar-refractivity contribution in [3.63, 3.8) is 0 Å². The zero-order valence-electron chi connectivity index (χ0n) is 29.6. The van der Waals surface area contributed by atoms with Crippen molar-refractivity contribution in [3.8, 4) is 28.1 Å². The molecule has 2 aromatic carbocycles. The SMILES string of the molecule is C=CCOC1(C)CCN(c2c(C(OC(C)(C)C)C(=O)O)c(C)nc3cc(-c4cc(F)cc(-c5ccc(F)cc5O[C@@H](C)CC=C)c4)nn23)CC1. The summed E-state index contributed by atoms with van der Waals surface area (Å²) in [5.74, 6) is -1.32. The van der Waals surface area contributed by atoms with E-state index in [0.717, 1.165) is 0 Å². The fourth-order valence-corrected chi connectivity index (χ4v) is 6.27. The third-order valence-electron chi connectivity index (χ3n) is 8.71. The van der Waals surface area contributed by atoms with Gasteiger partial charge in [0.1, 0.15) is 23.2 Å². The molecule has 4 aromatic rings. The zero-order chi connectivity index (χ0) is 36.4. The number of carbonyl (C=O) groups is 1. The van der Waals surface area contributed by atoms with E-state index >= 15 is 4.39 Å². The van der Waals surface area contributed by atoms with Crippen molar-refractivity contribution in [3.05, 3.63) is 90.7 Å². The Bertz CT molecular complexity index is 1890. The maximum atomic E-state index is 15.4. The summed E-state index contributed by atoms with van der Waals surface area (Å²) < 4.78 is 49.6. The molecule has 1 fully saturated rings. The van der Waals surface area contributed by atoms with Crippen molar-refractivity contribution in [2.45, 2.75) is 84.2 Å². The molecule has 2 atom stereocenters. The van der Waals surface area contributed by atoms with E-state index in [9.17, 15) is 14.3 Å². The quantitative estimate of drug-likeness (QED) is 0.140. The number of fused-ring (bicyclic) bond motifs is 1. The van der Waals surface area contributed by atoms with Crippen LogP contribution in [-0.4, -0.2) is 62.7 Å². The highest BCUT2D eigenvalue weighted by atomic mass is 19.1. The molecule has 0 radical (unpaired) electrons. The molecular weight excluding hydrogens is 642 g/mol. The minimum atomic E-state index is -1.33.